The van der Waals surface area contributed by atoms with E-state index in [1.807, 2.05) is 0 Å². The summed E-state index contributed by atoms with van der Waals surface area (Å²) >= 11 is 1.40. The van der Waals surface area contributed by atoms with E-state index in [0.29, 0.717) is 17.7 Å². The van der Waals surface area contributed by atoms with Gasteiger partial charge >= 0.3 is 5.97 Å². The van der Waals surface area contributed by atoms with Crippen molar-refractivity contribution in [1.29, 1.82) is 0 Å². The van der Waals surface area contributed by atoms with Crippen molar-refractivity contribution in [3.05, 3.63) is 29.8 Å². The molecule has 1 rings (SSSR count). The molecule has 222 valence electrons. The van der Waals surface area contributed by atoms with E-state index in [0.717, 1.165) is 0 Å². The van der Waals surface area contributed by atoms with Crippen molar-refractivity contribution in [3.8, 4) is 5.75 Å². The molecule has 0 bridgehead atoms. The van der Waals surface area contributed by atoms with Gasteiger partial charge in [-0.15, -0.1) is 0 Å². The first-order valence-electron chi connectivity index (χ1n) is 12.3. The first kappa shape index (κ1) is 34.0. The van der Waals surface area contributed by atoms with Crippen LogP contribution < -0.4 is 38.9 Å². The van der Waals surface area contributed by atoms with Gasteiger partial charge in [-0.3, -0.25) is 24.2 Å². The van der Waals surface area contributed by atoms with E-state index < -0.39 is 60.2 Å². The summed E-state index contributed by atoms with van der Waals surface area (Å²) in [4.78, 5) is 66.0. The predicted octanol–water partition coefficient (Wildman–Crippen LogP) is -2.52. The number of thioether (sulfide) groups is 1. The number of carbonyl (C=O) groups is 5. The molecule has 0 aliphatic carbocycles. The lowest BCUT2D eigenvalue weighted by Gasteiger charge is -2.25. The summed E-state index contributed by atoms with van der Waals surface area (Å²) in [6, 6.07) is 0.787. The lowest BCUT2D eigenvalue weighted by Crippen LogP contribution is -2.58. The molecule has 1 aromatic carbocycles. The first-order valence-corrected chi connectivity index (χ1v) is 13.7. The maximum absolute atomic E-state index is 13.2. The van der Waals surface area contributed by atoms with Crippen molar-refractivity contribution in [2.75, 3.05) is 18.6 Å². The number of aliphatic imine (C=N–C) groups is 1. The molecular weight excluding hydrogens is 544 g/mol. The third kappa shape index (κ3) is 13.1. The highest BCUT2D eigenvalue weighted by Crippen LogP contribution is 2.12. The van der Waals surface area contributed by atoms with E-state index in [1.54, 1.807) is 6.26 Å². The maximum Gasteiger partial charge on any atom is 0.326 e. The number of rotatable bonds is 18. The summed E-state index contributed by atoms with van der Waals surface area (Å²) < 4.78 is 0. The molecule has 4 atom stereocenters. The SMILES string of the molecule is CSCCC(NC(=O)C(Cc1ccc(O)cc1)NC(=O)C(CC(N)=O)NC(=O)C(N)CCCN=C(N)N)C(=O)O. The van der Waals surface area contributed by atoms with E-state index in [-0.39, 0.29) is 37.5 Å². The van der Waals surface area contributed by atoms with Gasteiger partial charge in [0.1, 0.15) is 23.9 Å². The van der Waals surface area contributed by atoms with E-state index in [4.69, 9.17) is 22.9 Å². The molecule has 0 aliphatic heterocycles. The highest BCUT2D eigenvalue weighted by Gasteiger charge is 2.31. The normalized spacial score (nSPS) is 13.7. The number of nitrogens with zero attached hydrogens (tertiary/aromatic N) is 1. The highest BCUT2D eigenvalue weighted by molar-refractivity contribution is 7.98. The predicted molar refractivity (Wildman–Crippen MR) is 150 cm³/mol. The number of nitrogens with two attached hydrogens (primary N) is 4. The number of aliphatic carboxylic acids is 1. The van der Waals surface area contributed by atoms with Gasteiger partial charge in [0.25, 0.3) is 0 Å². The molecule has 40 heavy (non-hydrogen) atoms. The molecular formula is C24H38N8O7S. The van der Waals surface area contributed by atoms with Crippen LogP contribution >= 0.6 is 11.8 Å². The summed E-state index contributed by atoms with van der Waals surface area (Å²) in [5.74, 6) is -4.25. The molecule has 0 radical (unpaired) electrons. The standard InChI is InChI=1S/C24H38N8O7S/c1-40-10-8-16(23(38)39)30-21(36)17(11-13-4-6-14(33)7-5-13)32-22(37)18(12-19(26)34)31-20(35)15(25)3-2-9-29-24(27)28/h4-7,15-18,33H,2-3,8-12,25H2,1H3,(H2,26,34)(H,30,36)(H,31,35)(H,32,37)(H,38,39)(H4,27,28,29). The van der Waals surface area contributed by atoms with Crippen LogP contribution in [0.1, 0.15) is 31.2 Å². The minimum absolute atomic E-state index is 0.0179. The van der Waals surface area contributed by atoms with Crippen molar-refractivity contribution >= 4 is 47.3 Å². The molecule has 0 spiro atoms. The molecule has 0 aromatic heterocycles. The van der Waals surface area contributed by atoms with Crippen molar-refractivity contribution in [3.63, 3.8) is 0 Å². The van der Waals surface area contributed by atoms with Crippen LogP contribution in [-0.2, 0) is 30.4 Å². The molecule has 1 aromatic rings. The van der Waals surface area contributed by atoms with Crippen LogP contribution in [0.25, 0.3) is 0 Å². The van der Waals surface area contributed by atoms with E-state index >= 15 is 0 Å². The molecule has 0 aliphatic rings. The van der Waals surface area contributed by atoms with Gasteiger partial charge in [-0.05, 0) is 49.0 Å². The minimum Gasteiger partial charge on any atom is -0.508 e. The van der Waals surface area contributed by atoms with Crippen molar-refractivity contribution < 1.29 is 34.2 Å². The summed E-state index contributed by atoms with van der Waals surface area (Å²) in [6.07, 6.45) is 1.80. The number of benzene rings is 1. The van der Waals surface area contributed by atoms with Crippen LogP contribution in [0, 0.1) is 0 Å². The molecule has 0 saturated carbocycles. The second kappa shape index (κ2) is 17.5. The van der Waals surface area contributed by atoms with E-state index in [9.17, 15) is 34.2 Å². The fourth-order valence-corrected chi connectivity index (χ4v) is 3.93. The number of nitrogens with one attached hydrogen (secondary N) is 3. The van der Waals surface area contributed by atoms with Gasteiger partial charge < -0.3 is 49.1 Å². The average molecular weight is 583 g/mol. The Labute approximate surface area is 235 Å². The number of hydrogen-bond acceptors (Lipinski definition) is 9. The number of primary amides is 1. The fourth-order valence-electron chi connectivity index (χ4n) is 3.45. The summed E-state index contributed by atoms with van der Waals surface area (Å²) in [6.45, 7) is 0.233. The van der Waals surface area contributed by atoms with Crippen molar-refractivity contribution in [1.82, 2.24) is 16.0 Å². The van der Waals surface area contributed by atoms with Crippen LogP contribution in [0.2, 0.25) is 0 Å². The lowest BCUT2D eigenvalue weighted by molar-refractivity contribution is -0.142. The number of aromatic hydroxyl groups is 1. The van der Waals surface area contributed by atoms with Crippen molar-refractivity contribution in [2.45, 2.75) is 56.3 Å². The Kier molecular flexibility index (Phi) is 14.9. The molecule has 16 heteroatoms. The molecule has 13 N–H and O–H groups in total. The van der Waals surface area contributed by atoms with Gasteiger partial charge in [0.15, 0.2) is 5.96 Å². The largest absolute Gasteiger partial charge is 0.508 e. The Hall–Kier alpha value is -4.05. The third-order valence-electron chi connectivity index (χ3n) is 5.58. The zero-order valence-corrected chi connectivity index (χ0v) is 23.0. The molecule has 0 fully saturated rings. The molecule has 0 saturated heterocycles. The number of carbonyl (C=O) groups excluding carboxylic acids is 4. The Morgan fingerprint density at radius 1 is 0.900 bits per heavy atom. The van der Waals surface area contributed by atoms with Crippen molar-refractivity contribution in [2.24, 2.45) is 27.9 Å². The number of hydrogen-bond donors (Lipinski definition) is 9. The molecule has 0 heterocycles. The Morgan fingerprint density at radius 2 is 1.48 bits per heavy atom. The highest BCUT2D eigenvalue weighted by atomic mass is 32.2. The summed E-state index contributed by atoms with van der Waals surface area (Å²) in [7, 11) is 0. The second-order valence-electron chi connectivity index (χ2n) is 8.90. The van der Waals surface area contributed by atoms with Crippen LogP contribution in [0.5, 0.6) is 5.75 Å². The van der Waals surface area contributed by atoms with Crippen LogP contribution in [0.4, 0.5) is 0 Å². The second-order valence-corrected chi connectivity index (χ2v) is 9.89. The van der Waals surface area contributed by atoms with Crippen LogP contribution in [0.3, 0.4) is 0 Å². The topological polar surface area (TPSA) is 278 Å². The van der Waals surface area contributed by atoms with Crippen LogP contribution in [0.15, 0.2) is 29.3 Å². The first-order chi connectivity index (χ1) is 18.8. The smallest absolute Gasteiger partial charge is 0.326 e. The summed E-state index contributed by atoms with van der Waals surface area (Å²) in [5.41, 5.74) is 22.2. The van der Waals surface area contributed by atoms with Gasteiger partial charge in [-0.25, -0.2) is 4.79 Å². The average Bonchev–Trinajstić information content (AvgIpc) is 2.88. The zero-order valence-electron chi connectivity index (χ0n) is 22.2. The van der Waals surface area contributed by atoms with Gasteiger partial charge in [0.2, 0.25) is 23.6 Å². The Morgan fingerprint density at radius 3 is 2.02 bits per heavy atom. The van der Waals surface area contributed by atoms with Gasteiger partial charge in [0.05, 0.1) is 12.5 Å². The lowest BCUT2D eigenvalue weighted by atomic mass is 10.0. The summed E-state index contributed by atoms with van der Waals surface area (Å²) in [5, 5.41) is 26.3. The number of guanidine groups is 1. The monoisotopic (exact) mass is 582 g/mol. The quantitative estimate of drug-likeness (QED) is 0.0495. The minimum atomic E-state index is -1.46. The number of phenolic OH excluding ortho intramolecular Hbond substituents is 1. The number of carboxylic acids is 1. The fraction of sp³-hybridized carbons (Fsp3) is 0.500. The van der Waals surface area contributed by atoms with E-state index in [2.05, 4.69) is 20.9 Å². The van der Waals surface area contributed by atoms with E-state index in [1.165, 1.54) is 36.0 Å². The molecule has 4 unspecified atom stereocenters. The van der Waals surface area contributed by atoms with Gasteiger partial charge in [-0.2, -0.15) is 11.8 Å². The van der Waals surface area contributed by atoms with Crippen LogP contribution in [-0.4, -0.2) is 88.5 Å². The zero-order chi connectivity index (χ0) is 30.2. The van der Waals surface area contributed by atoms with Gasteiger partial charge in [-0.1, -0.05) is 12.1 Å². The number of amides is 4. The number of phenols is 1. The Balaban J connectivity index is 3.08. The third-order valence-corrected chi connectivity index (χ3v) is 6.22. The Bertz CT molecular complexity index is 1050. The molecule has 15 nitrogen and oxygen atoms in total. The number of carboxylic acid groups (broad SMARTS) is 1. The molecule has 4 amide bonds. The van der Waals surface area contributed by atoms with Gasteiger partial charge in [0, 0.05) is 13.0 Å². The maximum atomic E-state index is 13.2.